The normalized spacial score (nSPS) is 10.9. The monoisotopic (exact) mass is 384 g/mol. The minimum Gasteiger partial charge on any atom is -0.460 e. The number of hydrogen-bond acceptors (Lipinski definition) is 4. The highest BCUT2D eigenvalue weighted by molar-refractivity contribution is 5.81. The van der Waals surface area contributed by atoms with Gasteiger partial charge in [-0.25, -0.2) is 4.79 Å². The number of ether oxygens (including phenoxy) is 3. The van der Waals surface area contributed by atoms with Crippen molar-refractivity contribution in [3.8, 4) is 0 Å². The molecule has 0 fully saturated rings. The van der Waals surface area contributed by atoms with E-state index in [4.69, 9.17) is 14.2 Å². The van der Waals surface area contributed by atoms with Crippen LogP contribution in [0.2, 0.25) is 0 Å². The van der Waals surface area contributed by atoms with Gasteiger partial charge >= 0.3 is 5.97 Å². The number of carbonyl (C=O) groups is 1. The first-order chi connectivity index (χ1) is 13.3. The summed E-state index contributed by atoms with van der Waals surface area (Å²) in [5.41, 5.74) is 0. The molecular weight excluding hydrogens is 340 g/mol. The van der Waals surface area contributed by atoms with E-state index in [-0.39, 0.29) is 6.61 Å². The van der Waals surface area contributed by atoms with Crippen LogP contribution >= 0.6 is 0 Å². The molecular formula is C23H44O4. The molecule has 0 aromatic carbocycles. The van der Waals surface area contributed by atoms with Crippen LogP contribution in [0.1, 0.15) is 96.8 Å². The Morgan fingerprint density at radius 2 is 1.04 bits per heavy atom. The Bertz CT molecular complexity index is 318. The molecule has 0 spiro atoms. The van der Waals surface area contributed by atoms with Crippen LogP contribution in [-0.4, -0.2) is 39.0 Å². The highest BCUT2D eigenvalue weighted by atomic mass is 16.6. The van der Waals surface area contributed by atoms with E-state index < -0.39 is 5.97 Å². The molecule has 0 N–H and O–H groups in total. The largest absolute Gasteiger partial charge is 0.460 e. The minimum absolute atomic E-state index is 0.268. The fourth-order valence-electron chi connectivity index (χ4n) is 2.98. The zero-order valence-corrected chi connectivity index (χ0v) is 17.9. The summed E-state index contributed by atoms with van der Waals surface area (Å²) in [6.07, 6.45) is 20.4. The molecule has 0 radical (unpaired) electrons. The zero-order valence-electron chi connectivity index (χ0n) is 17.9. The van der Waals surface area contributed by atoms with Crippen molar-refractivity contribution >= 4 is 5.97 Å². The van der Waals surface area contributed by atoms with Gasteiger partial charge in [0.25, 0.3) is 0 Å². The summed E-state index contributed by atoms with van der Waals surface area (Å²) in [5, 5.41) is 0. The summed E-state index contributed by atoms with van der Waals surface area (Å²) in [6.45, 7) is 8.24. The molecule has 0 saturated carbocycles. The molecule has 160 valence electrons. The van der Waals surface area contributed by atoms with Crippen molar-refractivity contribution < 1.29 is 19.0 Å². The zero-order chi connectivity index (χ0) is 19.8. The van der Waals surface area contributed by atoms with Gasteiger partial charge < -0.3 is 14.2 Å². The molecule has 4 heteroatoms. The standard InChI is InChI=1S/C23H44O4/c1-3-5-6-7-8-9-10-11-12-13-14-15-16-17-18-25-19-20-26-21-22-27-23(24)4-2/h4H,2-3,5-22H2,1H3. The average Bonchev–Trinajstić information content (AvgIpc) is 2.68. The van der Waals surface area contributed by atoms with Crippen LogP contribution in [0.3, 0.4) is 0 Å². The predicted molar refractivity (Wildman–Crippen MR) is 113 cm³/mol. The van der Waals surface area contributed by atoms with Crippen molar-refractivity contribution in [2.45, 2.75) is 96.8 Å². The van der Waals surface area contributed by atoms with Gasteiger partial charge in [0.05, 0.1) is 19.8 Å². The van der Waals surface area contributed by atoms with Crippen LogP contribution in [0.25, 0.3) is 0 Å². The van der Waals surface area contributed by atoms with E-state index in [0.717, 1.165) is 19.1 Å². The molecule has 0 saturated heterocycles. The molecule has 0 amide bonds. The highest BCUT2D eigenvalue weighted by Crippen LogP contribution is 2.12. The van der Waals surface area contributed by atoms with Crippen molar-refractivity contribution in [1.82, 2.24) is 0 Å². The average molecular weight is 385 g/mol. The van der Waals surface area contributed by atoms with Gasteiger partial charge in [-0.15, -0.1) is 0 Å². The topological polar surface area (TPSA) is 44.8 Å². The van der Waals surface area contributed by atoms with Crippen LogP contribution in [0.4, 0.5) is 0 Å². The molecule has 0 unspecified atom stereocenters. The molecule has 4 nitrogen and oxygen atoms in total. The number of rotatable bonds is 22. The SMILES string of the molecule is C=CC(=O)OCCOCCOCCCCCCCCCCCCCCCC. The van der Waals surface area contributed by atoms with Crippen molar-refractivity contribution in [3.63, 3.8) is 0 Å². The quantitative estimate of drug-likeness (QED) is 0.126. The molecule has 0 aliphatic heterocycles. The van der Waals surface area contributed by atoms with E-state index in [0.29, 0.717) is 19.8 Å². The van der Waals surface area contributed by atoms with E-state index >= 15 is 0 Å². The maximum absolute atomic E-state index is 10.8. The lowest BCUT2D eigenvalue weighted by Gasteiger charge is -2.06. The molecule has 0 aromatic heterocycles. The number of hydrogen-bond donors (Lipinski definition) is 0. The van der Waals surface area contributed by atoms with Crippen LogP contribution in [0, 0.1) is 0 Å². The molecule has 27 heavy (non-hydrogen) atoms. The van der Waals surface area contributed by atoms with Gasteiger partial charge in [-0.2, -0.15) is 0 Å². The lowest BCUT2D eigenvalue weighted by molar-refractivity contribution is -0.139. The van der Waals surface area contributed by atoms with Crippen LogP contribution in [0.15, 0.2) is 12.7 Å². The third-order valence-electron chi connectivity index (χ3n) is 4.65. The van der Waals surface area contributed by atoms with Crippen molar-refractivity contribution in [2.24, 2.45) is 0 Å². The summed E-state index contributed by atoms with van der Waals surface area (Å²) in [7, 11) is 0. The molecule has 0 bridgehead atoms. The van der Waals surface area contributed by atoms with Gasteiger partial charge in [0, 0.05) is 12.7 Å². The summed E-state index contributed by atoms with van der Waals surface area (Å²) >= 11 is 0. The Kier molecular flexibility index (Phi) is 22.4. The Morgan fingerprint density at radius 3 is 1.52 bits per heavy atom. The summed E-state index contributed by atoms with van der Waals surface area (Å²) in [6, 6.07) is 0. The Morgan fingerprint density at radius 1 is 0.630 bits per heavy atom. The molecule has 0 aliphatic carbocycles. The fraction of sp³-hybridized carbons (Fsp3) is 0.870. The third-order valence-corrected chi connectivity index (χ3v) is 4.65. The van der Waals surface area contributed by atoms with Gasteiger partial charge in [0.1, 0.15) is 6.61 Å². The summed E-state index contributed by atoms with van der Waals surface area (Å²) in [4.78, 5) is 10.8. The van der Waals surface area contributed by atoms with E-state index in [1.165, 1.54) is 83.5 Å². The van der Waals surface area contributed by atoms with Crippen LogP contribution < -0.4 is 0 Å². The number of esters is 1. The summed E-state index contributed by atoms with van der Waals surface area (Å²) in [5.74, 6) is -0.410. The molecule has 0 heterocycles. The van der Waals surface area contributed by atoms with E-state index in [1.54, 1.807) is 0 Å². The maximum Gasteiger partial charge on any atom is 0.330 e. The first-order valence-corrected chi connectivity index (χ1v) is 11.3. The number of unbranched alkanes of at least 4 members (excludes halogenated alkanes) is 13. The van der Waals surface area contributed by atoms with Crippen molar-refractivity contribution in [2.75, 3.05) is 33.0 Å². The van der Waals surface area contributed by atoms with Crippen molar-refractivity contribution in [3.05, 3.63) is 12.7 Å². The van der Waals surface area contributed by atoms with Crippen molar-refractivity contribution in [1.29, 1.82) is 0 Å². The van der Waals surface area contributed by atoms with Gasteiger partial charge in [-0.3, -0.25) is 0 Å². The smallest absolute Gasteiger partial charge is 0.330 e. The lowest BCUT2D eigenvalue weighted by Crippen LogP contribution is -2.11. The maximum atomic E-state index is 10.8. The fourth-order valence-corrected chi connectivity index (χ4v) is 2.98. The van der Waals surface area contributed by atoms with E-state index in [9.17, 15) is 4.79 Å². The van der Waals surface area contributed by atoms with Gasteiger partial charge in [-0.1, -0.05) is 97.0 Å². The highest BCUT2D eigenvalue weighted by Gasteiger charge is 1.96. The van der Waals surface area contributed by atoms with Crippen LogP contribution in [0.5, 0.6) is 0 Å². The predicted octanol–water partition coefficient (Wildman–Crippen LogP) is 6.23. The van der Waals surface area contributed by atoms with Gasteiger partial charge in [-0.05, 0) is 6.42 Å². The van der Waals surface area contributed by atoms with E-state index in [2.05, 4.69) is 13.5 Å². The van der Waals surface area contributed by atoms with E-state index in [1.807, 2.05) is 0 Å². The minimum atomic E-state index is -0.410. The first kappa shape index (κ1) is 26.1. The third kappa shape index (κ3) is 23.1. The molecule has 0 rings (SSSR count). The second-order valence-electron chi connectivity index (χ2n) is 7.19. The van der Waals surface area contributed by atoms with Gasteiger partial charge in [0.15, 0.2) is 0 Å². The molecule has 0 aliphatic rings. The molecule has 0 aromatic rings. The Labute approximate surface area is 168 Å². The molecule has 0 atom stereocenters. The Balaban J connectivity index is 3.01. The second-order valence-corrected chi connectivity index (χ2v) is 7.19. The lowest BCUT2D eigenvalue weighted by atomic mass is 10.0. The second kappa shape index (κ2) is 23.2. The van der Waals surface area contributed by atoms with Gasteiger partial charge in [0.2, 0.25) is 0 Å². The summed E-state index contributed by atoms with van der Waals surface area (Å²) < 4.78 is 15.7. The van der Waals surface area contributed by atoms with Crippen LogP contribution in [-0.2, 0) is 19.0 Å². The first-order valence-electron chi connectivity index (χ1n) is 11.3. The number of carbonyl (C=O) groups excluding carboxylic acids is 1. The Hall–Kier alpha value is -0.870.